The van der Waals surface area contributed by atoms with Crippen LogP contribution in [0, 0.1) is 19.7 Å². The summed E-state index contributed by atoms with van der Waals surface area (Å²) in [6.07, 6.45) is 0. The summed E-state index contributed by atoms with van der Waals surface area (Å²) in [5.41, 5.74) is 5.17. The van der Waals surface area contributed by atoms with E-state index in [1.54, 1.807) is 21.7 Å². The third-order valence-electron chi connectivity index (χ3n) is 4.85. The Balaban J connectivity index is 2.14. The lowest BCUT2D eigenvalue weighted by molar-refractivity contribution is 0.0764. The maximum absolute atomic E-state index is 13.3. The Morgan fingerprint density at radius 2 is 1.67 bits per heavy atom. The molecular formula is C22H24FN3O. The largest absolute Gasteiger partial charge is 0.338 e. The van der Waals surface area contributed by atoms with Gasteiger partial charge in [-0.1, -0.05) is 12.1 Å². The molecule has 3 rings (SSSR count). The standard InChI is InChI=1S/C22H24FN3O/c1-5-25(6-2)22(27)21-14-20(17-8-7-15(3)16(4)13-17)24-26(21)19-11-9-18(23)10-12-19/h7-14H,5-6H2,1-4H3. The van der Waals surface area contributed by atoms with Gasteiger partial charge in [0.1, 0.15) is 11.5 Å². The van der Waals surface area contributed by atoms with Gasteiger partial charge in [0.2, 0.25) is 0 Å². The fourth-order valence-electron chi connectivity index (χ4n) is 3.03. The van der Waals surface area contributed by atoms with E-state index in [1.807, 2.05) is 32.0 Å². The zero-order valence-electron chi connectivity index (χ0n) is 16.2. The smallest absolute Gasteiger partial charge is 0.272 e. The van der Waals surface area contributed by atoms with Gasteiger partial charge in [0, 0.05) is 18.7 Å². The summed E-state index contributed by atoms with van der Waals surface area (Å²) in [4.78, 5) is 14.8. The molecule has 2 aromatic carbocycles. The predicted molar refractivity (Wildman–Crippen MR) is 106 cm³/mol. The second-order valence-corrected chi connectivity index (χ2v) is 6.58. The van der Waals surface area contributed by atoms with Crippen LogP contribution in [0.15, 0.2) is 48.5 Å². The zero-order valence-corrected chi connectivity index (χ0v) is 16.2. The van der Waals surface area contributed by atoms with Gasteiger partial charge < -0.3 is 4.90 Å². The molecular weight excluding hydrogens is 341 g/mol. The molecule has 0 fully saturated rings. The van der Waals surface area contributed by atoms with Crippen molar-refractivity contribution in [2.75, 3.05) is 13.1 Å². The van der Waals surface area contributed by atoms with Crippen LogP contribution in [0.25, 0.3) is 16.9 Å². The molecule has 5 heteroatoms. The number of carbonyl (C=O) groups is 1. The molecule has 0 unspecified atom stereocenters. The number of halogens is 1. The lowest BCUT2D eigenvalue weighted by Crippen LogP contribution is -2.32. The van der Waals surface area contributed by atoms with Crippen LogP contribution >= 0.6 is 0 Å². The van der Waals surface area contributed by atoms with Crippen molar-refractivity contribution in [2.45, 2.75) is 27.7 Å². The molecule has 0 atom stereocenters. The van der Waals surface area contributed by atoms with Gasteiger partial charge in [-0.15, -0.1) is 0 Å². The van der Waals surface area contributed by atoms with E-state index in [0.717, 1.165) is 11.3 Å². The van der Waals surface area contributed by atoms with Crippen molar-refractivity contribution in [1.82, 2.24) is 14.7 Å². The number of rotatable bonds is 5. The van der Waals surface area contributed by atoms with E-state index in [0.29, 0.717) is 24.5 Å². The molecule has 1 heterocycles. The van der Waals surface area contributed by atoms with Crippen LogP contribution in [0.4, 0.5) is 4.39 Å². The number of nitrogens with zero attached hydrogens (tertiary/aromatic N) is 3. The highest BCUT2D eigenvalue weighted by molar-refractivity contribution is 5.94. The van der Waals surface area contributed by atoms with E-state index in [1.165, 1.54) is 23.3 Å². The lowest BCUT2D eigenvalue weighted by Gasteiger charge is -2.19. The Hall–Kier alpha value is -2.95. The van der Waals surface area contributed by atoms with Crippen LogP contribution in [0.1, 0.15) is 35.5 Å². The average molecular weight is 365 g/mol. The fourth-order valence-corrected chi connectivity index (χ4v) is 3.03. The second kappa shape index (κ2) is 7.74. The molecule has 3 aromatic rings. The van der Waals surface area contributed by atoms with Crippen molar-refractivity contribution in [3.05, 3.63) is 71.2 Å². The van der Waals surface area contributed by atoms with Gasteiger partial charge in [-0.3, -0.25) is 4.79 Å². The van der Waals surface area contributed by atoms with Crippen molar-refractivity contribution in [1.29, 1.82) is 0 Å². The number of amides is 1. The van der Waals surface area contributed by atoms with Crippen LogP contribution in [0.3, 0.4) is 0 Å². The van der Waals surface area contributed by atoms with Crippen molar-refractivity contribution in [2.24, 2.45) is 0 Å². The van der Waals surface area contributed by atoms with Crippen molar-refractivity contribution >= 4 is 5.91 Å². The highest BCUT2D eigenvalue weighted by atomic mass is 19.1. The average Bonchev–Trinajstić information content (AvgIpc) is 3.11. The molecule has 140 valence electrons. The number of aryl methyl sites for hydroxylation is 2. The van der Waals surface area contributed by atoms with E-state index in [4.69, 9.17) is 0 Å². The van der Waals surface area contributed by atoms with E-state index >= 15 is 0 Å². The van der Waals surface area contributed by atoms with Gasteiger partial charge in [-0.2, -0.15) is 5.10 Å². The van der Waals surface area contributed by atoms with Gasteiger partial charge in [0.25, 0.3) is 5.91 Å². The molecule has 0 radical (unpaired) electrons. The molecule has 0 aliphatic heterocycles. The molecule has 0 N–H and O–H groups in total. The molecule has 0 saturated carbocycles. The Morgan fingerprint density at radius 3 is 2.26 bits per heavy atom. The predicted octanol–water partition coefficient (Wildman–Crippen LogP) is 4.78. The van der Waals surface area contributed by atoms with Gasteiger partial charge in [0.15, 0.2) is 0 Å². The number of benzene rings is 2. The minimum atomic E-state index is -0.322. The maximum atomic E-state index is 13.3. The Bertz CT molecular complexity index is 956. The molecule has 1 aromatic heterocycles. The van der Waals surface area contributed by atoms with Crippen LogP contribution < -0.4 is 0 Å². The number of hydrogen-bond acceptors (Lipinski definition) is 2. The maximum Gasteiger partial charge on any atom is 0.272 e. The molecule has 0 aliphatic rings. The number of carbonyl (C=O) groups excluding carboxylic acids is 1. The van der Waals surface area contributed by atoms with Gasteiger partial charge in [-0.25, -0.2) is 9.07 Å². The van der Waals surface area contributed by atoms with Crippen LogP contribution in [0.5, 0.6) is 0 Å². The lowest BCUT2D eigenvalue weighted by atomic mass is 10.0. The first-order valence-corrected chi connectivity index (χ1v) is 9.17. The Kier molecular flexibility index (Phi) is 5.40. The normalized spacial score (nSPS) is 10.9. The molecule has 0 bridgehead atoms. The first kappa shape index (κ1) is 18.8. The molecule has 0 saturated heterocycles. The first-order valence-electron chi connectivity index (χ1n) is 9.17. The third kappa shape index (κ3) is 3.77. The second-order valence-electron chi connectivity index (χ2n) is 6.58. The summed E-state index contributed by atoms with van der Waals surface area (Å²) in [6.45, 7) is 9.24. The SMILES string of the molecule is CCN(CC)C(=O)c1cc(-c2ccc(C)c(C)c2)nn1-c1ccc(F)cc1. The van der Waals surface area contributed by atoms with Crippen molar-refractivity contribution in [3.63, 3.8) is 0 Å². The number of hydrogen-bond donors (Lipinski definition) is 0. The monoisotopic (exact) mass is 365 g/mol. The van der Waals surface area contributed by atoms with Crippen LogP contribution in [-0.2, 0) is 0 Å². The third-order valence-corrected chi connectivity index (χ3v) is 4.85. The van der Waals surface area contributed by atoms with E-state index in [-0.39, 0.29) is 11.7 Å². The number of aromatic nitrogens is 2. The van der Waals surface area contributed by atoms with Crippen molar-refractivity contribution < 1.29 is 9.18 Å². The summed E-state index contributed by atoms with van der Waals surface area (Å²) in [5, 5.41) is 4.67. The molecule has 0 spiro atoms. The van der Waals surface area contributed by atoms with Gasteiger partial charge in [0.05, 0.1) is 11.4 Å². The zero-order chi connectivity index (χ0) is 19.6. The highest BCUT2D eigenvalue weighted by Gasteiger charge is 2.21. The molecule has 4 nitrogen and oxygen atoms in total. The quantitative estimate of drug-likeness (QED) is 0.653. The van der Waals surface area contributed by atoms with Crippen molar-refractivity contribution in [3.8, 4) is 16.9 Å². The molecule has 27 heavy (non-hydrogen) atoms. The van der Waals surface area contributed by atoms with Gasteiger partial charge in [-0.05, 0) is 75.2 Å². The van der Waals surface area contributed by atoms with Crippen LogP contribution in [0.2, 0.25) is 0 Å². The molecule has 1 amide bonds. The van der Waals surface area contributed by atoms with Crippen LogP contribution in [-0.4, -0.2) is 33.7 Å². The van der Waals surface area contributed by atoms with E-state index < -0.39 is 0 Å². The summed E-state index contributed by atoms with van der Waals surface area (Å²) in [5.74, 6) is -0.413. The first-order chi connectivity index (χ1) is 12.9. The summed E-state index contributed by atoms with van der Waals surface area (Å²) < 4.78 is 14.9. The highest BCUT2D eigenvalue weighted by Crippen LogP contribution is 2.25. The summed E-state index contributed by atoms with van der Waals surface area (Å²) in [6, 6.07) is 13.9. The fraction of sp³-hybridized carbons (Fsp3) is 0.273. The van der Waals surface area contributed by atoms with E-state index in [9.17, 15) is 9.18 Å². The van der Waals surface area contributed by atoms with E-state index in [2.05, 4.69) is 25.0 Å². The minimum absolute atomic E-state index is 0.0908. The summed E-state index contributed by atoms with van der Waals surface area (Å²) in [7, 11) is 0. The molecule has 0 aliphatic carbocycles. The topological polar surface area (TPSA) is 38.1 Å². The summed E-state index contributed by atoms with van der Waals surface area (Å²) >= 11 is 0. The Morgan fingerprint density at radius 1 is 1.00 bits per heavy atom. The van der Waals surface area contributed by atoms with Gasteiger partial charge >= 0.3 is 0 Å². The Labute approximate surface area is 159 Å². The minimum Gasteiger partial charge on any atom is -0.338 e.